The van der Waals surface area contributed by atoms with Gasteiger partial charge in [-0.3, -0.25) is 4.79 Å². The van der Waals surface area contributed by atoms with E-state index in [4.69, 9.17) is 10.4 Å². The number of nitriles is 1. The topological polar surface area (TPSA) is 113 Å². The predicted octanol–water partition coefficient (Wildman–Crippen LogP) is 0.933. The number of hydrogen-bond donors (Lipinski definition) is 2. The number of nitrogens with zero attached hydrogens (tertiary/aromatic N) is 1. The van der Waals surface area contributed by atoms with Crippen molar-refractivity contribution in [2.45, 2.75) is 31.1 Å². The average molecular weight is 309 g/mol. The van der Waals surface area contributed by atoms with Gasteiger partial charge in [0, 0.05) is 6.54 Å². The highest BCUT2D eigenvalue weighted by Crippen LogP contribution is 2.09. The van der Waals surface area contributed by atoms with Crippen LogP contribution in [0, 0.1) is 17.2 Å². The number of amides is 1. The van der Waals surface area contributed by atoms with Crippen LogP contribution in [0.2, 0.25) is 0 Å². The highest BCUT2D eigenvalue weighted by Gasteiger charge is 2.15. The van der Waals surface area contributed by atoms with Crippen LogP contribution in [0.15, 0.2) is 29.2 Å². The Morgan fingerprint density at radius 3 is 2.48 bits per heavy atom. The predicted molar refractivity (Wildman–Crippen MR) is 78.5 cm³/mol. The smallest absolute Gasteiger partial charge is 0.238 e. The maximum absolute atomic E-state index is 11.7. The Kier molecular flexibility index (Phi) is 6.34. The summed E-state index contributed by atoms with van der Waals surface area (Å²) in [6, 6.07) is 8.15. The molecule has 0 aliphatic heterocycles. The number of benzene rings is 1. The molecule has 3 N–H and O–H groups in total. The monoisotopic (exact) mass is 309 g/mol. The van der Waals surface area contributed by atoms with E-state index in [1.165, 1.54) is 12.1 Å². The summed E-state index contributed by atoms with van der Waals surface area (Å²) in [5, 5.41) is 16.6. The number of rotatable bonds is 7. The van der Waals surface area contributed by atoms with Gasteiger partial charge in [-0.25, -0.2) is 13.6 Å². The molecule has 114 valence electrons. The van der Waals surface area contributed by atoms with E-state index in [2.05, 4.69) is 5.32 Å². The lowest BCUT2D eigenvalue weighted by Gasteiger charge is -2.09. The van der Waals surface area contributed by atoms with Crippen molar-refractivity contribution < 1.29 is 13.2 Å². The van der Waals surface area contributed by atoms with E-state index >= 15 is 0 Å². The summed E-state index contributed by atoms with van der Waals surface area (Å²) in [4.78, 5) is 11.8. The van der Waals surface area contributed by atoms with Crippen LogP contribution in [0.1, 0.15) is 25.3 Å². The van der Waals surface area contributed by atoms with Crippen molar-refractivity contribution in [2.75, 3.05) is 6.54 Å². The van der Waals surface area contributed by atoms with E-state index in [1.807, 2.05) is 13.0 Å². The van der Waals surface area contributed by atoms with Crippen LogP contribution in [0.3, 0.4) is 0 Å². The minimum absolute atomic E-state index is 0.0581. The Bertz CT molecular complexity index is 618. The first-order chi connectivity index (χ1) is 9.88. The Morgan fingerprint density at radius 1 is 1.38 bits per heavy atom. The van der Waals surface area contributed by atoms with Crippen molar-refractivity contribution in [1.82, 2.24) is 5.32 Å². The maximum Gasteiger partial charge on any atom is 0.238 e. The first kappa shape index (κ1) is 17.1. The largest absolute Gasteiger partial charge is 0.355 e. The summed E-state index contributed by atoms with van der Waals surface area (Å²) < 4.78 is 22.2. The zero-order valence-corrected chi connectivity index (χ0v) is 12.7. The second kappa shape index (κ2) is 7.76. The molecule has 0 aliphatic carbocycles. The number of carbonyl (C=O) groups excluding carboxylic acids is 1. The van der Waals surface area contributed by atoms with Crippen LogP contribution in [0.25, 0.3) is 0 Å². The summed E-state index contributed by atoms with van der Waals surface area (Å²) in [7, 11) is -3.68. The lowest BCUT2D eigenvalue weighted by molar-refractivity contribution is -0.123. The third-order valence-corrected chi connectivity index (χ3v) is 3.94. The summed E-state index contributed by atoms with van der Waals surface area (Å²) >= 11 is 0. The number of nitrogens with one attached hydrogen (secondary N) is 1. The number of hydrogen-bond acceptors (Lipinski definition) is 4. The molecule has 0 radical (unpaired) electrons. The van der Waals surface area contributed by atoms with E-state index in [1.54, 1.807) is 12.1 Å². The summed E-state index contributed by atoms with van der Waals surface area (Å²) in [6.07, 6.45) is 1.88. The van der Waals surface area contributed by atoms with Crippen LogP contribution in [0.5, 0.6) is 0 Å². The SMILES string of the molecule is CCCC(C#N)C(=O)NCCc1ccc(S(N)(=O)=O)cc1. The van der Waals surface area contributed by atoms with E-state index in [9.17, 15) is 13.2 Å². The molecule has 0 aromatic heterocycles. The van der Waals surface area contributed by atoms with Gasteiger partial charge in [-0.15, -0.1) is 0 Å². The zero-order valence-electron chi connectivity index (χ0n) is 11.9. The highest BCUT2D eigenvalue weighted by molar-refractivity contribution is 7.89. The molecule has 1 aromatic carbocycles. The van der Waals surface area contributed by atoms with E-state index in [0.717, 1.165) is 12.0 Å². The Morgan fingerprint density at radius 2 is 2.00 bits per heavy atom. The maximum atomic E-state index is 11.7. The number of sulfonamides is 1. The molecule has 1 rings (SSSR count). The standard InChI is InChI=1S/C14H19N3O3S/c1-2-3-12(10-15)14(18)17-9-8-11-4-6-13(7-5-11)21(16,19)20/h4-7,12H,2-3,8-9H2,1H3,(H,17,18)(H2,16,19,20). The molecule has 21 heavy (non-hydrogen) atoms. The van der Waals surface area contributed by atoms with Crippen molar-refractivity contribution in [3.8, 4) is 6.07 Å². The molecule has 0 spiro atoms. The van der Waals surface area contributed by atoms with Gasteiger partial charge >= 0.3 is 0 Å². The summed E-state index contributed by atoms with van der Waals surface area (Å²) in [6.45, 7) is 2.32. The molecule has 0 bridgehead atoms. The van der Waals surface area contributed by atoms with Crippen LogP contribution in [-0.2, 0) is 21.2 Å². The fraction of sp³-hybridized carbons (Fsp3) is 0.429. The fourth-order valence-electron chi connectivity index (χ4n) is 1.84. The first-order valence-electron chi connectivity index (χ1n) is 6.67. The van der Waals surface area contributed by atoms with Crippen molar-refractivity contribution >= 4 is 15.9 Å². The molecule has 0 aliphatic rings. The number of nitrogens with two attached hydrogens (primary N) is 1. The molecular formula is C14H19N3O3S. The van der Waals surface area contributed by atoms with Crippen LogP contribution in [0.4, 0.5) is 0 Å². The molecule has 1 aromatic rings. The van der Waals surface area contributed by atoms with Crippen molar-refractivity contribution in [3.63, 3.8) is 0 Å². The van der Waals surface area contributed by atoms with Gasteiger partial charge < -0.3 is 5.32 Å². The van der Waals surface area contributed by atoms with Gasteiger partial charge in [0.15, 0.2) is 0 Å². The third kappa shape index (κ3) is 5.53. The van der Waals surface area contributed by atoms with Crippen LogP contribution >= 0.6 is 0 Å². The second-order valence-corrected chi connectivity index (χ2v) is 6.26. The zero-order chi connectivity index (χ0) is 15.9. The molecule has 0 saturated heterocycles. The molecule has 0 heterocycles. The Hall–Kier alpha value is -1.91. The molecule has 0 saturated carbocycles. The molecule has 1 atom stereocenters. The Labute approximate surface area is 125 Å². The van der Waals surface area contributed by atoms with E-state index < -0.39 is 15.9 Å². The van der Waals surface area contributed by atoms with Crippen molar-refractivity contribution in [2.24, 2.45) is 11.1 Å². The van der Waals surface area contributed by atoms with Crippen molar-refractivity contribution in [3.05, 3.63) is 29.8 Å². The first-order valence-corrected chi connectivity index (χ1v) is 8.22. The number of primary sulfonamides is 1. The lowest BCUT2D eigenvalue weighted by atomic mass is 10.0. The van der Waals surface area contributed by atoms with Gasteiger partial charge in [0.1, 0.15) is 5.92 Å². The van der Waals surface area contributed by atoms with Crippen molar-refractivity contribution in [1.29, 1.82) is 5.26 Å². The minimum atomic E-state index is -3.68. The van der Waals surface area contributed by atoms with Crippen LogP contribution in [-0.4, -0.2) is 20.9 Å². The molecule has 7 heteroatoms. The fourth-order valence-corrected chi connectivity index (χ4v) is 2.36. The van der Waals surface area contributed by atoms with Crippen LogP contribution < -0.4 is 10.5 Å². The van der Waals surface area contributed by atoms with Gasteiger partial charge in [0.25, 0.3) is 0 Å². The van der Waals surface area contributed by atoms with E-state index in [-0.39, 0.29) is 10.8 Å². The molecule has 6 nitrogen and oxygen atoms in total. The quantitative estimate of drug-likeness (QED) is 0.780. The summed E-state index contributed by atoms with van der Waals surface area (Å²) in [5.41, 5.74) is 0.881. The average Bonchev–Trinajstić information content (AvgIpc) is 2.44. The second-order valence-electron chi connectivity index (χ2n) is 4.70. The van der Waals surface area contributed by atoms with Gasteiger partial charge in [-0.1, -0.05) is 25.5 Å². The van der Waals surface area contributed by atoms with E-state index in [0.29, 0.717) is 19.4 Å². The molecular weight excluding hydrogens is 290 g/mol. The van der Waals surface area contributed by atoms with Gasteiger partial charge in [0.2, 0.25) is 15.9 Å². The molecule has 1 unspecified atom stereocenters. The minimum Gasteiger partial charge on any atom is -0.355 e. The summed E-state index contributed by atoms with van der Waals surface area (Å²) in [5.74, 6) is -0.875. The number of carbonyl (C=O) groups is 1. The highest BCUT2D eigenvalue weighted by atomic mass is 32.2. The lowest BCUT2D eigenvalue weighted by Crippen LogP contribution is -2.31. The van der Waals surface area contributed by atoms with Gasteiger partial charge in [0.05, 0.1) is 11.0 Å². The molecule has 1 amide bonds. The third-order valence-electron chi connectivity index (χ3n) is 3.01. The van der Waals surface area contributed by atoms with Gasteiger partial charge in [-0.05, 0) is 30.5 Å². The Balaban J connectivity index is 2.50. The van der Waals surface area contributed by atoms with Gasteiger partial charge in [-0.2, -0.15) is 5.26 Å². The molecule has 0 fully saturated rings. The normalized spacial score (nSPS) is 12.4.